The quantitative estimate of drug-likeness (QED) is 0.584. The molecular weight excluding hydrogens is 404 g/mol. The first-order chi connectivity index (χ1) is 13.7. The number of benzene rings is 1. The predicted octanol–water partition coefficient (Wildman–Crippen LogP) is 2.76. The van der Waals surface area contributed by atoms with Crippen LogP contribution in [0.5, 0.6) is 0 Å². The van der Waals surface area contributed by atoms with Gasteiger partial charge in [-0.05, 0) is 35.9 Å². The van der Waals surface area contributed by atoms with Crippen LogP contribution in [0.1, 0.15) is 6.92 Å². The van der Waals surface area contributed by atoms with Gasteiger partial charge in [-0.25, -0.2) is 27.2 Å². The maximum Gasteiger partial charge on any atom is 0.264 e. The van der Waals surface area contributed by atoms with Crippen LogP contribution in [0, 0.1) is 11.6 Å². The normalized spacial score (nSPS) is 11.1. The van der Waals surface area contributed by atoms with Crippen molar-refractivity contribution in [2.45, 2.75) is 11.8 Å². The van der Waals surface area contributed by atoms with Gasteiger partial charge < -0.3 is 11.1 Å². The molecule has 4 N–H and O–H groups in total. The monoisotopic (exact) mass is 419 g/mol. The maximum absolute atomic E-state index is 13.9. The number of nitrogens with two attached hydrogens (primary N) is 1. The van der Waals surface area contributed by atoms with Gasteiger partial charge >= 0.3 is 0 Å². The smallest absolute Gasteiger partial charge is 0.264 e. The van der Waals surface area contributed by atoms with E-state index in [2.05, 4.69) is 20.0 Å². The number of hydrogen-bond acceptors (Lipinski definition) is 6. The molecule has 1 aromatic carbocycles. The maximum atomic E-state index is 13.9. The van der Waals surface area contributed by atoms with E-state index in [9.17, 15) is 22.0 Å². The first kappa shape index (κ1) is 20.1. The Labute approximate surface area is 164 Å². The van der Waals surface area contributed by atoms with Gasteiger partial charge in [-0.2, -0.15) is 0 Å². The fourth-order valence-electron chi connectivity index (χ4n) is 2.47. The molecule has 2 heterocycles. The SMILES string of the molecule is CC(=O)Nc1cc(-c2cnc(N)c(NS(=O)(=O)c3ccc(F)cc3F)c2)ccn1. The zero-order chi connectivity index (χ0) is 21.2. The summed E-state index contributed by atoms with van der Waals surface area (Å²) in [4.78, 5) is 18.4. The van der Waals surface area contributed by atoms with E-state index in [-0.39, 0.29) is 17.4 Å². The fourth-order valence-corrected chi connectivity index (χ4v) is 3.59. The molecule has 0 radical (unpaired) electrons. The van der Waals surface area contributed by atoms with E-state index in [1.807, 2.05) is 0 Å². The second-order valence-electron chi connectivity index (χ2n) is 5.95. The van der Waals surface area contributed by atoms with Gasteiger partial charge in [0.2, 0.25) is 5.91 Å². The van der Waals surface area contributed by atoms with Crippen molar-refractivity contribution in [1.82, 2.24) is 9.97 Å². The molecule has 0 aliphatic heterocycles. The highest BCUT2D eigenvalue weighted by atomic mass is 32.2. The van der Waals surface area contributed by atoms with Crippen LogP contribution in [0.15, 0.2) is 53.7 Å². The van der Waals surface area contributed by atoms with Crippen LogP contribution in [0.4, 0.5) is 26.1 Å². The van der Waals surface area contributed by atoms with E-state index in [1.54, 1.807) is 12.1 Å². The first-order valence-electron chi connectivity index (χ1n) is 8.13. The lowest BCUT2D eigenvalue weighted by Crippen LogP contribution is -2.16. The van der Waals surface area contributed by atoms with E-state index < -0.39 is 26.6 Å². The minimum atomic E-state index is -4.39. The highest BCUT2D eigenvalue weighted by molar-refractivity contribution is 7.92. The number of hydrogen-bond donors (Lipinski definition) is 3. The van der Waals surface area contributed by atoms with Crippen molar-refractivity contribution >= 4 is 33.3 Å². The molecule has 3 aromatic rings. The summed E-state index contributed by atoms with van der Waals surface area (Å²) in [6.45, 7) is 1.33. The van der Waals surface area contributed by atoms with Crippen molar-refractivity contribution in [2.75, 3.05) is 15.8 Å². The Hall–Kier alpha value is -3.60. The molecule has 8 nitrogen and oxygen atoms in total. The summed E-state index contributed by atoms with van der Waals surface area (Å²) in [7, 11) is -4.39. The zero-order valence-electron chi connectivity index (χ0n) is 15.0. The summed E-state index contributed by atoms with van der Waals surface area (Å²) >= 11 is 0. The molecule has 2 aromatic heterocycles. The molecule has 1 amide bonds. The summed E-state index contributed by atoms with van der Waals surface area (Å²) in [6, 6.07) is 6.68. The zero-order valence-corrected chi connectivity index (χ0v) is 15.8. The Morgan fingerprint density at radius 3 is 2.52 bits per heavy atom. The number of halogens is 2. The van der Waals surface area contributed by atoms with E-state index in [4.69, 9.17) is 5.73 Å². The fraction of sp³-hybridized carbons (Fsp3) is 0.0556. The van der Waals surface area contributed by atoms with Gasteiger partial charge in [-0.3, -0.25) is 9.52 Å². The van der Waals surface area contributed by atoms with Crippen LogP contribution >= 0.6 is 0 Å². The molecule has 0 bridgehead atoms. The van der Waals surface area contributed by atoms with Gasteiger partial charge in [0.25, 0.3) is 10.0 Å². The van der Waals surface area contributed by atoms with Crippen molar-refractivity contribution in [3.8, 4) is 11.1 Å². The lowest BCUT2D eigenvalue weighted by Gasteiger charge is -2.12. The third-order valence-electron chi connectivity index (χ3n) is 3.74. The van der Waals surface area contributed by atoms with Crippen molar-refractivity contribution in [3.05, 3.63) is 60.4 Å². The summed E-state index contributed by atoms with van der Waals surface area (Å²) in [6.07, 6.45) is 2.85. The Morgan fingerprint density at radius 2 is 1.83 bits per heavy atom. The third kappa shape index (κ3) is 4.63. The predicted molar refractivity (Wildman–Crippen MR) is 103 cm³/mol. The molecule has 0 unspecified atom stereocenters. The molecule has 0 aliphatic carbocycles. The number of nitrogen functional groups attached to an aromatic ring is 1. The van der Waals surface area contributed by atoms with Crippen LogP contribution in [0.3, 0.4) is 0 Å². The number of sulfonamides is 1. The molecule has 11 heteroatoms. The minimum Gasteiger partial charge on any atom is -0.382 e. The summed E-state index contributed by atoms with van der Waals surface area (Å²) in [5.74, 6) is -2.30. The Kier molecular flexibility index (Phi) is 5.41. The van der Waals surface area contributed by atoms with Gasteiger partial charge in [-0.15, -0.1) is 0 Å². The summed E-state index contributed by atoms with van der Waals surface area (Å²) in [5, 5.41) is 2.53. The highest BCUT2D eigenvalue weighted by Gasteiger charge is 2.21. The number of nitrogens with zero attached hydrogens (tertiary/aromatic N) is 2. The molecular formula is C18H15F2N5O3S. The molecule has 0 aliphatic rings. The number of carbonyl (C=O) groups is 1. The number of amides is 1. The first-order valence-corrected chi connectivity index (χ1v) is 9.61. The average Bonchev–Trinajstić information content (AvgIpc) is 2.62. The second kappa shape index (κ2) is 7.80. The standard InChI is InChI=1S/C18H15F2N5O3S/c1-10(26)24-17-7-11(4-5-22-17)12-6-15(18(21)23-9-12)25-29(27,28)16-3-2-13(19)8-14(16)20/h2-9,25H,1H3,(H2,21,23)(H,22,24,26). The van der Waals surface area contributed by atoms with E-state index >= 15 is 0 Å². The third-order valence-corrected chi connectivity index (χ3v) is 5.14. The van der Waals surface area contributed by atoms with Crippen LogP contribution < -0.4 is 15.8 Å². The highest BCUT2D eigenvalue weighted by Crippen LogP contribution is 2.28. The van der Waals surface area contributed by atoms with Crippen LogP contribution in [0.2, 0.25) is 0 Å². The van der Waals surface area contributed by atoms with E-state index in [0.717, 1.165) is 12.1 Å². The summed E-state index contributed by atoms with van der Waals surface area (Å²) in [5.41, 5.74) is 6.69. The molecule has 0 saturated heterocycles. The average molecular weight is 419 g/mol. The van der Waals surface area contributed by atoms with Gasteiger partial charge in [-0.1, -0.05) is 0 Å². The van der Waals surface area contributed by atoms with E-state index in [1.165, 1.54) is 25.4 Å². The number of anilines is 3. The number of rotatable bonds is 5. The van der Waals surface area contributed by atoms with E-state index in [0.29, 0.717) is 23.0 Å². The van der Waals surface area contributed by atoms with Gasteiger partial charge in [0, 0.05) is 30.9 Å². The molecule has 3 rings (SSSR count). The molecule has 150 valence electrons. The Bertz CT molecular complexity index is 1200. The Morgan fingerprint density at radius 1 is 1.07 bits per heavy atom. The molecule has 0 spiro atoms. The topological polar surface area (TPSA) is 127 Å². The number of carbonyl (C=O) groups excluding carboxylic acids is 1. The molecule has 0 atom stereocenters. The van der Waals surface area contributed by atoms with Crippen molar-refractivity contribution in [1.29, 1.82) is 0 Å². The molecule has 0 fully saturated rings. The lowest BCUT2D eigenvalue weighted by molar-refractivity contribution is -0.114. The van der Waals surface area contributed by atoms with Crippen molar-refractivity contribution in [3.63, 3.8) is 0 Å². The molecule has 0 saturated carbocycles. The largest absolute Gasteiger partial charge is 0.382 e. The minimum absolute atomic E-state index is 0.0934. The van der Waals surface area contributed by atoms with Crippen LogP contribution in [0.25, 0.3) is 11.1 Å². The summed E-state index contributed by atoms with van der Waals surface area (Å²) < 4.78 is 54.1. The lowest BCUT2D eigenvalue weighted by atomic mass is 10.1. The van der Waals surface area contributed by atoms with Crippen LogP contribution in [-0.2, 0) is 14.8 Å². The van der Waals surface area contributed by atoms with Gasteiger partial charge in [0.05, 0.1) is 5.69 Å². The van der Waals surface area contributed by atoms with Crippen molar-refractivity contribution < 1.29 is 22.0 Å². The molecule has 29 heavy (non-hydrogen) atoms. The van der Waals surface area contributed by atoms with Crippen molar-refractivity contribution in [2.24, 2.45) is 0 Å². The number of nitrogens with one attached hydrogen (secondary N) is 2. The Balaban J connectivity index is 1.97. The van der Waals surface area contributed by atoms with Crippen LogP contribution in [-0.4, -0.2) is 24.3 Å². The number of aromatic nitrogens is 2. The second-order valence-corrected chi connectivity index (χ2v) is 7.60. The van der Waals surface area contributed by atoms with Gasteiger partial charge in [0.1, 0.15) is 28.2 Å². The van der Waals surface area contributed by atoms with Gasteiger partial charge in [0.15, 0.2) is 0 Å². The number of pyridine rings is 2.